The van der Waals surface area contributed by atoms with Gasteiger partial charge in [-0.1, -0.05) is 60.7 Å². The Balaban J connectivity index is 1.48. The zero-order chi connectivity index (χ0) is 26.9. The van der Waals surface area contributed by atoms with Crippen LogP contribution in [-0.4, -0.2) is 39.4 Å². The first-order chi connectivity index (χ1) is 19.0. The number of hydrogen-bond acceptors (Lipinski definition) is 3. The molecule has 3 aromatic carbocycles. The molecular weight excluding hydrogens is 484 g/mol. The topological polar surface area (TPSA) is 58.3 Å². The summed E-state index contributed by atoms with van der Waals surface area (Å²) < 4.78 is 4.18. The van der Waals surface area contributed by atoms with Crippen molar-refractivity contribution in [2.24, 2.45) is 0 Å². The fourth-order valence-corrected chi connectivity index (χ4v) is 5.33. The second-order valence-corrected chi connectivity index (χ2v) is 10.1. The molecule has 196 valence electrons. The van der Waals surface area contributed by atoms with E-state index in [1.165, 1.54) is 0 Å². The summed E-state index contributed by atoms with van der Waals surface area (Å²) in [6.45, 7) is 2.91. The van der Waals surface area contributed by atoms with Gasteiger partial charge < -0.3 is 19.7 Å². The van der Waals surface area contributed by atoms with E-state index in [1.807, 2.05) is 85.2 Å². The molecule has 0 aliphatic carbocycles. The molecule has 0 spiro atoms. The fourth-order valence-electron chi connectivity index (χ4n) is 5.33. The minimum atomic E-state index is -0.289. The summed E-state index contributed by atoms with van der Waals surface area (Å²) in [6.07, 6.45) is 2.07. The number of para-hydroxylation sites is 1. The average Bonchev–Trinajstić information content (AvgIpc) is 3.53. The lowest BCUT2D eigenvalue weighted by atomic mass is 10.0. The second kappa shape index (κ2) is 10.2. The van der Waals surface area contributed by atoms with Crippen LogP contribution in [-0.2, 0) is 13.1 Å². The molecule has 1 N–H and O–H groups in total. The standard InChI is InChI=1S/C32H32N6O/c1-23-28-22-37(32(39)33-21-24-11-6-4-7-12-24)30(25-16-18-26(19-17-25)35(2)3)29-15-10-20-36(29)31(28)38(34-23)27-13-8-5-9-14-27/h4-20,30H,21-22H2,1-3H3,(H,33,39)/t30-/m1/s1. The van der Waals surface area contributed by atoms with Gasteiger partial charge in [-0.3, -0.25) is 0 Å². The Bertz CT molecular complexity index is 1590. The van der Waals surface area contributed by atoms with Crippen molar-refractivity contribution in [3.05, 3.63) is 131 Å². The highest BCUT2D eigenvalue weighted by Gasteiger charge is 2.35. The van der Waals surface area contributed by atoms with Crippen LogP contribution in [0.3, 0.4) is 0 Å². The van der Waals surface area contributed by atoms with E-state index >= 15 is 0 Å². The van der Waals surface area contributed by atoms with Crippen LogP contribution < -0.4 is 10.2 Å². The van der Waals surface area contributed by atoms with Crippen LogP contribution in [0.2, 0.25) is 0 Å². The molecule has 0 fully saturated rings. The van der Waals surface area contributed by atoms with E-state index in [-0.39, 0.29) is 12.1 Å². The molecular formula is C32H32N6O. The molecule has 7 heteroatoms. The summed E-state index contributed by atoms with van der Waals surface area (Å²) in [5.41, 5.74) is 7.15. The van der Waals surface area contributed by atoms with E-state index in [1.54, 1.807) is 0 Å². The van der Waals surface area contributed by atoms with Gasteiger partial charge in [0.15, 0.2) is 0 Å². The zero-order valence-corrected chi connectivity index (χ0v) is 22.5. The van der Waals surface area contributed by atoms with Crippen molar-refractivity contribution in [3.63, 3.8) is 0 Å². The van der Waals surface area contributed by atoms with Gasteiger partial charge in [0.05, 0.1) is 29.7 Å². The number of rotatable bonds is 5. The summed E-state index contributed by atoms with van der Waals surface area (Å²) in [7, 11) is 4.06. The number of carbonyl (C=O) groups excluding carboxylic acids is 1. The first-order valence-electron chi connectivity index (χ1n) is 13.2. The van der Waals surface area contributed by atoms with Crippen molar-refractivity contribution in [2.75, 3.05) is 19.0 Å². The minimum Gasteiger partial charge on any atom is -0.378 e. The summed E-state index contributed by atoms with van der Waals surface area (Å²) in [5.74, 6) is 0.965. The molecule has 0 saturated heterocycles. The molecule has 0 radical (unpaired) electrons. The molecule has 3 heterocycles. The van der Waals surface area contributed by atoms with Crippen LogP contribution in [0.4, 0.5) is 10.5 Å². The number of fused-ring (bicyclic) bond motifs is 3. The van der Waals surface area contributed by atoms with Crippen LogP contribution in [0.5, 0.6) is 0 Å². The Morgan fingerprint density at radius 2 is 1.62 bits per heavy atom. The van der Waals surface area contributed by atoms with Crippen molar-refractivity contribution in [2.45, 2.75) is 26.1 Å². The molecule has 7 nitrogen and oxygen atoms in total. The third-order valence-electron chi connectivity index (χ3n) is 7.36. The largest absolute Gasteiger partial charge is 0.378 e. The van der Waals surface area contributed by atoms with Gasteiger partial charge >= 0.3 is 6.03 Å². The highest BCUT2D eigenvalue weighted by Crippen LogP contribution is 2.38. The van der Waals surface area contributed by atoms with E-state index < -0.39 is 0 Å². The molecule has 0 saturated carbocycles. The maximum Gasteiger partial charge on any atom is 0.318 e. The summed E-state index contributed by atoms with van der Waals surface area (Å²) in [5, 5.41) is 8.11. The van der Waals surface area contributed by atoms with Gasteiger partial charge in [-0.05, 0) is 54.4 Å². The number of carbonyl (C=O) groups is 1. The van der Waals surface area contributed by atoms with Crippen LogP contribution in [0.15, 0.2) is 103 Å². The van der Waals surface area contributed by atoms with Crippen LogP contribution in [0, 0.1) is 6.92 Å². The molecule has 39 heavy (non-hydrogen) atoms. The van der Waals surface area contributed by atoms with Crippen molar-refractivity contribution in [1.29, 1.82) is 0 Å². The normalized spacial score (nSPS) is 14.3. The van der Waals surface area contributed by atoms with Crippen molar-refractivity contribution < 1.29 is 4.79 Å². The van der Waals surface area contributed by atoms with Gasteiger partial charge in [0.1, 0.15) is 5.82 Å². The number of aromatic nitrogens is 3. The Morgan fingerprint density at radius 1 is 0.923 bits per heavy atom. The van der Waals surface area contributed by atoms with E-state index in [2.05, 4.69) is 63.4 Å². The van der Waals surface area contributed by atoms with Gasteiger partial charge in [-0.25, -0.2) is 9.48 Å². The van der Waals surface area contributed by atoms with Gasteiger partial charge in [-0.15, -0.1) is 0 Å². The first-order valence-corrected chi connectivity index (χ1v) is 13.2. The quantitative estimate of drug-likeness (QED) is 0.319. The Morgan fingerprint density at radius 3 is 2.31 bits per heavy atom. The molecule has 2 aromatic heterocycles. The number of nitrogens with zero attached hydrogens (tertiary/aromatic N) is 5. The van der Waals surface area contributed by atoms with E-state index in [9.17, 15) is 4.79 Å². The SMILES string of the molecule is Cc1nn(-c2ccccc2)c2c1CN(C(=O)NCc1ccccc1)[C@H](c1ccc(N(C)C)cc1)c1cccn1-2. The molecule has 1 aliphatic heterocycles. The zero-order valence-electron chi connectivity index (χ0n) is 22.5. The monoisotopic (exact) mass is 516 g/mol. The van der Waals surface area contributed by atoms with Gasteiger partial charge in [0, 0.05) is 38.1 Å². The highest BCUT2D eigenvalue weighted by molar-refractivity contribution is 5.76. The van der Waals surface area contributed by atoms with Gasteiger partial charge in [0.25, 0.3) is 0 Å². The van der Waals surface area contributed by atoms with Crippen LogP contribution >= 0.6 is 0 Å². The number of benzene rings is 3. The Hall–Kier alpha value is -4.78. The fraction of sp³-hybridized carbons (Fsp3) is 0.188. The molecule has 6 rings (SSSR count). The number of hydrogen-bond donors (Lipinski definition) is 1. The van der Waals surface area contributed by atoms with Crippen LogP contribution in [0.25, 0.3) is 11.5 Å². The third-order valence-corrected chi connectivity index (χ3v) is 7.36. The lowest BCUT2D eigenvalue weighted by molar-refractivity contribution is 0.180. The highest BCUT2D eigenvalue weighted by atomic mass is 16.2. The molecule has 1 aliphatic rings. The number of anilines is 1. The summed E-state index contributed by atoms with van der Waals surface area (Å²) >= 11 is 0. The maximum atomic E-state index is 14.0. The maximum absolute atomic E-state index is 14.0. The van der Waals surface area contributed by atoms with E-state index in [4.69, 9.17) is 5.10 Å². The number of amides is 2. The molecule has 0 bridgehead atoms. The molecule has 5 aromatic rings. The second-order valence-electron chi connectivity index (χ2n) is 10.1. The summed E-state index contributed by atoms with van der Waals surface area (Å²) in [6, 6.07) is 32.4. The van der Waals surface area contributed by atoms with E-state index in [0.717, 1.165) is 45.3 Å². The van der Waals surface area contributed by atoms with Crippen molar-refractivity contribution in [3.8, 4) is 11.5 Å². The lowest BCUT2D eigenvalue weighted by Gasteiger charge is -2.31. The van der Waals surface area contributed by atoms with Gasteiger partial charge in [-0.2, -0.15) is 5.10 Å². The first kappa shape index (κ1) is 24.6. The Labute approximate surface area is 228 Å². The number of urea groups is 1. The predicted molar refractivity (Wildman–Crippen MR) is 154 cm³/mol. The smallest absolute Gasteiger partial charge is 0.318 e. The van der Waals surface area contributed by atoms with Crippen molar-refractivity contribution in [1.82, 2.24) is 24.6 Å². The predicted octanol–water partition coefficient (Wildman–Crippen LogP) is 5.85. The van der Waals surface area contributed by atoms with Crippen LogP contribution in [0.1, 0.15) is 34.1 Å². The lowest BCUT2D eigenvalue weighted by Crippen LogP contribution is -2.41. The van der Waals surface area contributed by atoms with E-state index in [0.29, 0.717) is 13.1 Å². The summed E-state index contributed by atoms with van der Waals surface area (Å²) in [4.78, 5) is 18.0. The molecule has 2 amide bonds. The molecule has 1 atom stereocenters. The Kier molecular flexibility index (Phi) is 6.40. The molecule has 0 unspecified atom stereocenters. The average molecular weight is 517 g/mol. The number of aryl methyl sites for hydroxylation is 1. The number of nitrogens with one attached hydrogen (secondary N) is 1. The third kappa shape index (κ3) is 4.56. The van der Waals surface area contributed by atoms with Gasteiger partial charge in [0.2, 0.25) is 0 Å². The van der Waals surface area contributed by atoms with Crippen molar-refractivity contribution >= 4 is 11.7 Å². The minimum absolute atomic E-state index is 0.118.